The maximum atomic E-state index is 12.7. The van der Waals surface area contributed by atoms with Gasteiger partial charge in [-0.2, -0.15) is 0 Å². The van der Waals surface area contributed by atoms with Gasteiger partial charge in [0.2, 0.25) is 0 Å². The molecule has 25 heavy (non-hydrogen) atoms. The van der Waals surface area contributed by atoms with Crippen LogP contribution in [0.3, 0.4) is 0 Å². The lowest BCUT2D eigenvalue weighted by atomic mass is 9.71. The molecule has 0 radical (unpaired) electrons. The quantitative estimate of drug-likeness (QED) is 0.899. The Hall–Kier alpha value is -1.53. The number of carbonyl (C=O) groups is 1. The van der Waals surface area contributed by atoms with Crippen molar-refractivity contribution in [2.45, 2.75) is 45.1 Å². The number of carbonyl (C=O) groups excluding carboxylic acids is 1. The molecule has 3 aliphatic rings. The first-order valence-corrected chi connectivity index (χ1v) is 9.54. The van der Waals surface area contributed by atoms with Crippen LogP contribution in [0.15, 0.2) is 12.4 Å². The zero-order valence-corrected chi connectivity index (χ0v) is 15.0. The number of hydrogen-bond donors (Lipinski definition) is 1. The molecular formula is C19H28N4O2. The maximum absolute atomic E-state index is 12.7. The number of hydrogen-bond acceptors (Lipinski definition) is 5. The summed E-state index contributed by atoms with van der Waals surface area (Å²) in [6.45, 7) is 5.76. The van der Waals surface area contributed by atoms with Crippen LogP contribution >= 0.6 is 0 Å². The minimum atomic E-state index is -0.0169. The van der Waals surface area contributed by atoms with Crippen LogP contribution in [0.25, 0.3) is 0 Å². The van der Waals surface area contributed by atoms with E-state index in [9.17, 15) is 9.90 Å². The van der Waals surface area contributed by atoms with E-state index >= 15 is 0 Å². The standard InChI is InChI=1S/C19H28N4O2/c1-14-9-21-17(10-20-14)18(25)22-7-5-19(6-8-22)13-23(11-15(19)12-24)16-3-2-4-16/h9-10,15-16,24H,2-8,11-13H2,1H3. The smallest absolute Gasteiger partial charge is 0.274 e. The largest absolute Gasteiger partial charge is 0.396 e. The highest BCUT2D eigenvalue weighted by atomic mass is 16.3. The van der Waals surface area contributed by atoms with Crippen molar-refractivity contribution < 1.29 is 9.90 Å². The van der Waals surface area contributed by atoms with Gasteiger partial charge in [0, 0.05) is 50.9 Å². The molecule has 0 aromatic carbocycles. The second kappa shape index (κ2) is 6.65. The molecule has 3 heterocycles. The summed E-state index contributed by atoms with van der Waals surface area (Å²) in [6, 6.07) is 0.732. The summed E-state index contributed by atoms with van der Waals surface area (Å²) in [5.41, 5.74) is 1.44. The molecule has 2 saturated heterocycles. The molecule has 6 nitrogen and oxygen atoms in total. The number of piperidine rings is 1. The van der Waals surface area contributed by atoms with Crippen molar-refractivity contribution in [3.05, 3.63) is 23.8 Å². The number of aliphatic hydroxyl groups excluding tert-OH is 1. The zero-order chi connectivity index (χ0) is 17.4. The molecule has 4 rings (SSSR count). The van der Waals surface area contributed by atoms with Gasteiger partial charge in [0.15, 0.2) is 0 Å². The van der Waals surface area contributed by atoms with Gasteiger partial charge < -0.3 is 10.0 Å². The predicted octanol–water partition coefficient (Wildman–Crippen LogP) is 1.48. The Labute approximate surface area is 149 Å². The summed E-state index contributed by atoms with van der Waals surface area (Å²) in [6.07, 6.45) is 9.15. The topological polar surface area (TPSA) is 69.6 Å². The molecule has 1 spiro atoms. The Bertz CT molecular complexity index is 621. The molecule has 1 amide bonds. The molecule has 6 heteroatoms. The fraction of sp³-hybridized carbons (Fsp3) is 0.737. The summed E-state index contributed by atoms with van der Waals surface area (Å²) < 4.78 is 0. The zero-order valence-electron chi connectivity index (χ0n) is 15.0. The van der Waals surface area contributed by atoms with Crippen LogP contribution in [0.5, 0.6) is 0 Å². The van der Waals surface area contributed by atoms with Crippen molar-refractivity contribution >= 4 is 5.91 Å². The second-order valence-electron chi connectivity index (χ2n) is 8.09. The fourth-order valence-corrected chi connectivity index (χ4v) is 4.74. The first-order chi connectivity index (χ1) is 12.1. The molecule has 2 aliphatic heterocycles. The minimum Gasteiger partial charge on any atom is -0.396 e. The number of aliphatic hydroxyl groups is 1. The van der Waals surface area contributed by atoms with Gasteiger partial charge in [-0.3, -0.25) is 14.7 Å². The van der Waals surface area contributed by atoms with Crippen LogP contribution in [-0.4, -0.2) is 69.6 Å². The van der Waals surface area contributed by atoms with Crippen molar-refractivity contribution in [2.75, 3.05) is 32.8 Å². The summed E-state index contributed by atoms with van der Waals surface area (Å²) in [4.78, 5) is 25.6. The number of aromatic nitrogens is 2. The first-order valence-electron chi connectivity index (χ1n) is 9.54. The van der Waals surface area contributed by atoms with E-state index in [-0.39, 0.29) is 17.9 Å². The minimum absolute atomic E-state index is 0.0169. The summed E-state index contributed by atoms with van der Waals surface area (Å²) in [5, 5.41) is 9.93. The number of rotatable bonds is 3. The van der Waals surface area contributed by atoms with Gasteiger partial charge in [0.1, 0.15) is 5.69 Å². The van der Waals surface area contributed by atoms with E-state index in [1.165, 1.54) is 19.3 Å². The molecule has 1 aliphatic carbocycles. The average Bonchev–Trinajstić information content (AvgIpc) is 2.91. The van der Waals surface area contributed by atoms with Crippen molar-refractivity contribution in [1.82, 2.24) is 19.8 Å². The predicted molar refractivity (Wildman–Crippen MR) is 94.1 cm³/mol. The highest BCUT2D eigenvalue weighted by Crippen LogP contribution is 2.46. The SMILES string of the molecule is Cc1cnc(C(=O)N2CCC3(CC2)CN(C2CCC2)CC3CO)cn1. The Morgan fingerprint density at radius 3 is 2.60 bits per heavy atom. The molecule has 1 atom stereocenters. The summed E-state index contributed by atoms with van der Waals surface area (Å²) in [5.74, 6) is 0.335. The molecule has 0 bridgehead atoms. The van der Waals surface area contributed by atoms with Gasteiger partial charge in [-0.05, 0) is 38.0 Å². The normalized spacial score (nSPS) is 26.8. The number of aryl methyl sites for hydroxylation is 1. The lowest BCUT2D eigenvalue weighted by Crippen LogP contribution is -2.47. The molecule has 1 unspecified atom stereocenters. The highest BCUT2D eigenvalue weighted by molar-refractivity contribution is 5.92. The van der Waals surface area contributed by atoms with Gasteiger partial charge in [-0.25, -0.2) is 4.98 Å². The van der Waals surface area contributed by atoms with Crippen LogP contribution in [0.4, 0.5) is 0 Å². The van der Waals surface area contributed by atoms with E-state index in [0.29, 0.717) is 11.6 Å². The summed E-state index contributed by atoms with van der Waals surface area (Å²) >= 11 is 0. The Morgan fingerprint density at radius 2 is 2.04 bits per heavy atom. The van der Waals surface area contributed by atoms with E-state index in [1.54, 1.807) is 12.4 Å². The van der Waals surface area contributed by atoms with Gasteiger partial charge >= 0.3 is 0 Å². The van der Waals surface area contributed by atoms with Crippen LogP contribution in [0.2, 0.25) is 0 Å². The van der Waals surface area contributed by atoms with Crippen LogP contribution in [0.1, 0.15) is 48.3 Å². The van der Waals surface area contributed by atoms with E-state index in [2.05, 4.69) is 14.9 Å². The van der Waals surface area contributed by atoms with E-state index in [4.69, 9.17) is 0 Å². The molecule has 136 valence electrons. The fourth-order valence-electron chi connectivity index (χ4n) is 4.74. The molecule has 3 fully saturated rings. The second-order valence-corrected chi connectivity index (χ2v) is 8.09. The molecule has 1 saturated carbocycles. The van der Waals surface area contributed by atoms with Crippen molar-refractivity contribution in [3.8, 4) is 0 Å². The summed E-state index contributed by atoms with van der Waals surface area (Å²) in [7, 11) is 0. The van der Waals surface area contributed by atoms with Gasteiger partial charge in [-0.15, -0.1) is 0 Å². The van der Waals surface area contributed by atoms with Crippen molar-refractivity contribution in [3.63, 3.8) is 0 Å². The first kappa shape index (κ1) is 16.9. The Balaban J connectivity index is 1.41. The number of nitrogens with zero attached hydrogens (tertiary/aromatic N) is 4. The van der Waals surface area contributed by atoms with Crippen LogP contribution in [-0.2, 0) is 0 Å². The molecular weight excluding hydrogens is 316 g/mol. The van der Waals surface area contributed by atoms with Crippen molar-refractivity contribution in [1.29, 1.82) is 0 Å². The molecule has 1 aromatic rings. The van der Waals surface area contributed by atoms with Gasteiger partial charge in [-0.1, -0.05) is 6.42 Å². The molecule has 1 N–H and O–H groups in total. The lowest BCUT2D eigenvalue weighted by Gasteiger charge is -2.43. The Morgan fingerprint density at radius 1 is 1.28 bits per heavy atom. The third-order valence-electron chi connectivity index (χ3n) is 6.70. The van der Waals surface area contributed by atoms with Gasteiger partial charge in [0.25, 0.3) is 5.91 Å². The monoisotopic (exact) mass is 344 g/mol. The van der Waals surface area contributed by atoms with Gasteiger partial charge in [0.05, 0.1) is 11.9 Å². The van der Waals surface area contributed by atoms with Crippen molar-refractivity contribution in [2.24, 2.45) is 11.3 Å². The lowest BCUT2D eigenvalue weighted by molar-refractivity contribution is 0.0381. The van der Waals surface area contributed by atoms with E-state index < -0.39 is 0 Å². The number of amides is 1. The average molecular weight is 344 g/mol. The molecule has 1 aromatic heterocycles. The Kier molecular flexibility index (Phi) is 4.50. The van der Waals surface area contributed by atoms with Crippen LogP contribution < -0.4 is 0 Å². The third-order valence-corrected chi connectivity index (χ3v) is 6.70. The third kappa shape index (κ3) is 3.06. The van der Waals surface area contributed by atoms with E-state index in [0.717, 1.165) is 50.8 Å². The highest BCUT2D eigenvalue weighted by Gasteiger charge is 2.50. The van der Waals surface area contributed by atoms with Crippen LogP contribution in [0, 0.1) is 18.3 Å². The van der Waals surface area contributed by atoms with E-state index in [1.807, 2.05) is 11.8 Å². The number of likely N-dealkylation sites (tertiary alicyclic amines) is 2. The maximum Gasteiger partial charge on any atom is 0.274 e.